The van der Waals surface area contributed by atoms with Gasteiger partial charge in [-0.3, -0.25) is 4.98 Å². The number of aliphatic hydroxyl groups is 1. The number of fused-ring (bicyclic) bond motifs is 1. The predicted molar refractivity (Wildman–Crippen MR) is 139 cm³/mol. The second-order valence-corrected chi connectivity index (χ2v) is 9.46. The van der Waals surface area contributed by atoms with Crippen LogP contribution in [0.2, 0.25) is 0 Å². The fraction of sp³-hybridized carbons (Fsp3) is 0.370. The maximum atomic E-state index is 12.4. The molecule has 2 heterocycles. The highest BCUT2D eigenvalue weighted by Crippen LogP contribution is 2.34. The van der Waals surface area contributed by atoms with Gasteiger partial charge in [0, 0.05) is 42.7 Å². The number of hydrogen-bond donors (Lipinski definition) is 1. The number of benzene rings is 2. The molecule has 0 unspecified atom stereocenters. The molecule has 1 aliphatic rings. The Labute approximate surface area is 210 Å². The van der Waals surface area contributed by atoms with E-state index in [-0.39, 0.29) is 12.7 Å². The smallest absolute Gasteiger partial charge is 0.410 e. The third-order valence-corrected chi connectivity index (χ3v) is 5.71. The van der Waals surface area contributed by atoms with E-state index in [9.17, 15) is 9.90 Å². The molecule has 4 rings (SSSR count). The summed E-state index contributed by atoms with van der Waals surface area (Å²) in [6, 6.07) is 11.4. The number of amides is 1. The molecule has 0 fully saturated rings. The van der Waals surface area contributed by atoms with Gasteiger partial charge >= 0.3 is 6.09 Å². The van der Waals surface area contributed by atoms with Crippen LogP contribution >= 0.6 is 0 Å². The van der Waals surface area contributed by atoms with Crippen molar-refractivity contribution in [3.05, 3.63) is 54.4 Å². The summed E-state index contributed by atoms with van der Waals surface area (Å²) in [5.41, 5.74) is 4.19. The number of aliphatic hydroxyl groups excluding tert-OH is 1. The summed E-state index contributed by atoms with van der Waals surface area (Å²) >= 11 is 0. The van der Waals surface area contributed by atoms with Gasteiger partial charge in [-0.05, 0) is 44.5 Å². The lowest BCUT2D eigenvalue weighted by Gasteiger charge is -2.25. The van der Waals surface area contributed by atoms with Gasteiger partial charge < -0.3 is 29.1 Å². The summed E-state index contributed by atoms with van der Waals surface area (Å²) in [5, 5.41) is 9.77. The van der Waals surface area contributed by atoms with Crippen molar-refractivity contribution in [1.82, 2.24) is 14.9 Å². The Balaban J connectivity index is 1.63. The van der Waals surface area contributed by atoms with Crippen molar-refractivity contribution in [2.45, 2.75) is 26.4 Å². The first-order chi connectivity index (χ1) is 17.2. The van der Waals surface area contributed by atoms with Crippen LogP contribution in [0.15, 0.2) is 48.7 Å². The average Bonchev–Trinajstić information content (AvgIpc) is 3.36. The predicted octanol–water partition coefficient (Wildman–Crippen LogP) is 4.41. The molecule has 0 saturated carbocycles. The highest BCUT2D eigenvalue weighted by Gasteiger charge is 2.26. The number of nitrogens with zero attached hydrogens (tertiary/aromatic N) is 4. The van der Waals surface area contributed by atoms with Gasteiger partial charge in [-0.25, -0.2) is 9.78 Å². The topological polar surface area (TPSA) is 97.3 Å². The van der Waals surface area contributed by atoms with Crippen molar-refractivity contribution in [1.29, 1.82) is 0 Å². The third-order valence-electron chi connectivity index (χ3n) is 5.71. The fourth-order valence-corrected chi connectivity index (χ4v) is 3.98. The highest BCUT2D eigenvalue weighted by atomic mass is 16.6. The van der Waals surface area contributed by atoms with E-state index in [1.807, 2.05) is 62.1 Å². The molecule has 1 aliphatic heterocycles. The molecule has 1 N–H and O–H groups in total. The molecular formula is C27H32N4O5. The zero-order chi connectivity index (χ0) is 25.9. The number of hydrogen-bond acceptors (Lipinski definition) is 8. The van der Waals surface area contributed by atoms with E-state index in [4.69, 9.17) is 19.2 Å². The van der Waals surface area contributed by atoms with E-state index in [2.05, 4.69) is 4.98 Å². The van der Waals surface area contributed by atoms with Gasteiger partial charge in [0.1, 0.15) is 17.1 Å². The van der Waals surface area contributed by atoms with Crippen molar-refractivity contribution >= 4 is 34.1 Å². The summed E-state index contributed by atoms with van der Waals surface area (Å²) in [7, 11) is 3.20. The molecule has 9 nitrogen and oxygen atoms in total. The standard InChI is InChI=1S/C27H32N4O5/c1-27(2,3)36-26(33)30-9-8-18(17-30)25-16-28-23-7-6-19(14-24(23)29-25)31(10-11-32)20-12-21(34-4)15-22(13-20)35-5/h6-8,12-16,32H,9-11,17H2,1-5H3. The molecular weight excluding hydrogens is 460 g/mol. The summed E-state index contributed by atoms with van der Waals surface area (Å²) in [4.78, 5) is 25.5. The molecule has 0 spiro atoms. The van der Waals surface area contributed by atoms with Crippen LogP contribution in [-0.2, 0) is 4.74 Å². The van der Waals surface area contributed by atoms with E-state index < -0.39 is 5.60 Å². The Kier molecular flexibility index (Phi) is 7.30. The molecule has 0 atom stereocenters. The fourth-order valence-electron chi connectivity index (χ4n) is 3.98. The van der Waals surface area contributed by atoms with Gasteiger partial charge in [0.25, 0.3) is 0 Å². The minimum atomic E-state index is -0.549. The lowest BCUT2D eigenvalue weighted by atomic mass is 10.1. The number of rotatable bonds is 7. The second-order valence-electron chi connectivity index (χ2n) is 9.46. The number of aromatic nitrogens is 2. The maximum absolute atomic E-state index is 12.4. The molecule has 0 saturated heterocycles. The van der Waals surface area contributed by atoms with Crippen LogP contribution in [0.3, 0.4) is 0 Å². The van der Waals surface area contributed by atoms with Crippen LogP contribution in [0.1, 0.15) is 26.5 Å². The Morgan fingerprint density at radius 3 is 2.42 bits per heavy atom. The summed E-state index contributed by atoms with van der Waals surface area (Å²) in [5.74, 6) is 1.30. The van der Waals surface area contributed by atoms with Crippen LogP contribution < -0.4 is 14.4 Å². The van der Waals surface area contributed by atoms with Crippen LogP contribution in [-0.4, -0.2) is 72.1 Å². The Morgan fingerprint density at radius 1 is 1.06 bits per heavy atom. The van der Waals surface area contributed by atoms with Crippen molar-refractivity contribution in [2.24, 2.45) is 0 Å². The van der Waals surface area contributed by atoms with Gasteiger partial charge in [0.15, 0.2) is 0 Å². The highest BCUT2D eigenvalue weighted by molar-refractivity contribution is 5.83. The van der Waals surface area contributed by atoms with Crippen LogP contribution in [0.4, 0.5) is 16.2 Å². The van der Waals surface area contributed by atoms with Crippen molar-refractivity contribution in [2.75, 3.05) is 45.4 Å². The summed E-state index contributed by atoms with van der Waals surface area (Å²) < 4.78 is 16.3. The second kappa shape index (κ2) is 10.4. The first-order valence-electron chi connectivity index (χ1n) is 11.8. The van der Waals surface area contributed by atoms with Gasteiger partial charge in [-0.2, -0.15) is 0 Å². The Bertz CT molecular complexity index is 1260. The Morgan fingerprint density at radius 2 is 1.78 bits per heavy atom. The average molecular weight is 493 g/mol. The number of carbonyl (C=O) groups excluding carboxylic acids is 1. The van der Waals surface area contributed by atoms with E-state index >= 15 is 0 Å². The monoisotopic (exact) mass is 492 g/mol. The molecule has 190 valence electrons. The SMILES string of the molecule is COc1cc(OC)cc(N(CCO)c2ccc3ncc(C4=CCN(C(=O)OC(C)(C)C)C4)nc3c2)c1. The molecule has 3 aromatic rings. The normalized spacial score (nSPS) is 13.5. The molecule has 2 aromatic carbocycles. The van der Waals surface area contributed by atoms with Crippen molar-refractivity contribution < 1.29 is 24.1 Å². The number of anilines is 2. The summed E-state index contributed by atoms with van der Waals surface area (Å²) in [6.45, 7) is 6.75. The molecule has 0 aliphatic carbocycles. The first kappa shape index (κ1) is 25.2. The number of methoxy groups -OCH3 is 2. The maximum Gasteiger partial charge on any atom is 0.410 e. The molecule has 36 heavy (non-hydrogen) atoms. The largest absolute Gasteiger partial charge is 0.497 e. The molecule has 1 amide bonds. The minimum absolute atomic E-state index is 0.0450. The van der Waals surface area contributed by atoms with Crippen LogP contribution in [0, 0.1) is 0 Å². The molecule has 0 bridgehead atoms. The number of ether oxygens (including phenoxy) is 3. The number of carbonyl (C=O) groups is 1. The van der Waals surface area contributed by atoms with E-state index in [0.717, 1.165) is 22.5 Å². The third kappa shape index (κ3) is 5.68. The molecule has 9 heteroatoms. The quantitative estimate of drug-likeness (QED) is 0.518. The van der Waals surface area contributed by atoms with Gasteiger partial charge in [-0.1, -0.05) is 6.08 Å². The van der Waals surface area contributed by atoms with Crippen LogP contribution in [0.25, 0.3) is 16.6 Å². The van der Waals surface area contributed by atoms with Crippen LogP contribution in [0.5, 0.6) is 11.5 Å². The van der Waals surface area contributed by atoms with Crippen molar-refractivity contribution in [3.8, 4) is 11.5 Å². The molecule has 0 radical (unpaired) electrons. The zero-order valence-corrected chi connectivity index (χ0v) is 21.3. The van der Waals surface area contributed by atoms with Gasteiger partial charge in [0.05, 0.1) is 50.3 Å². The minimum Gasteiger partial charge on any atom is -0.497 e. The summed E-state index contributed by atoms with van der Waals surface area (Å²) in [6.07, 6.45) is 3.35. The van der Waals surface area contributed by atoms with E-state index in [1.54, 1.807) is 31.4 Å². The lowest BCUT2D eigenvalue weighted by Crippen LogP contribution is -2.35. The Hall–Kier alpha value is -3.85. The van der Waals surface area contributed by atoms with Crippen molar-refractivity contribution in [3.63, 3.8) is 0 Å². The zero-order valence-electron chi connectivity index (χ0n) is 21.3. The van der Waals surface area contributed by atoms with Gasteiger partial charge in [0.2, 0.25) is 0 Å². The first-order valence-corrected chi connectivity index (χ1v) is 11.8. The van der Waals surface area contributed by atoms with Gasteiger partial charge in [-0.15, -0.1) is 0 Å². The molecule has 1 aromatic heterocycles. The lowest BCUT2D eigenvalue weighted by molar-refractivity contribution is 0.0306. The van der Waals surface area contributed by atoms with E-state index in [0.29, 0.717) is 42.3 Å². The van der Waals surface area contributed by atoms with E-state index in [1.165, 1.54) is 0 Å².